The Balaban J connectivity index is 1.35. The first-order chi connectivity index (χ1) is 12.7. The summed E-state index contributed by atoms with van der Waals surface area (Å²) >= 11 is 0. The highest BCUT2D eigenvalue weighted by Gasteiger charge is 2.51. The smallest absolute Gasteiger partial charge is 0.225 e. The van der Waals surface area contributed by atoms with Gasteiger partial charge in [-0.2, -0.15) is 0 Å². The summed E-state index contributed by atoms with van der Waals surface area (Å²) in [4.78, 5) is 14.6. The number of hydrogen-bond acceptors (Lipinski definition) is 3. The number of aliphatic hydroxyl groups is 1. The van der Waals surface area contributed by atoms with Gasteiger partial charge in [-0.05, 0) is 88.0 Å². The van der Waals surface area contributed by atoms with Gasteiger partial charge >= 0.3 is 0 Å². The van der Waals surface area contributed by atoms with E-state index in [1.54, 1.807) is 7.11 Å². The third-order valence-corrected chi connectivity index (χ3v) is 7.44. The van der Waals surface area contributed by atoms with Crippen molar-refractivity contribution >= 4 is 5.91 Å². The molecule has 1 aromatic carbocycles. The number of carbonyl (C=O) groups excluding carboxylic acids is 1. The minimum absolute atomic E-state index is 0.0516. The minimum Gasteiger partial charge on any atom is -0.496 e. The molecule has 1 amide bonds. The van der Waals surface area contributed by atoms with Gasteiger partial charge in [-0.25, -0.2) is 0 Å². The highest BCUT2D eigenvalue weighted by Crippen LogP contribution is 2.51. The molecule has 2 saturated carbocycles. The molecule has 1 heterocycles. The number of likely N-dealkylation sites (tertiary alicyclic amines) is 1. The summed E-state index contributed by atoms with van der Waals surface area (Å²) < 4.78 is 5.54. The molecule has 0 radical (unpaired) electrons. The number of hydrogen-bond donors (Lipinski definition) is 1. The van der Waals surface area contributed by atoms with Crippen molar-refractivity contribution in [3.8, 4) is 5.75 Å². The van der Waals surface area contributed by atoms with Crippen LogP contribution in [0.25, 0.3) is 0 Å². The van der Waals surface area contributed by atoms with Gasteiger partial charge in [0, 0.05) is 24.4 Å². The number of carbonyl (C=O) groups is 1. The molecule has 1 aliphatic heterocycles. The summed E-state index contributed by atoms with van der Waals surface area (Å²) in [6.45, 7) is 8.07. The molecular formula is C23H33NO3. The van der Waals surface area contributed by atoms with E-state index in [0.717, 1.165) is 18.8 Å². The van der Waals surface area contributed by atoms with Crippen molar-refractivity contribution in [1.29, 1.82) is 0 Å². The summed E-state index contributed by atoms with van der Waals surface area (Å²) in [5.74, 6) is 1.93. The SMILES string of the molecule is COc1ccc(C)c(C2CCC3(CC2)CN(C(=O)[C@H]2C[C@@](C)(O)C2)C3)c1C. The second kappa shape index (κ2) is 6.51. The molecule has 0 aromatic heterocycles. The third kappa shape index (κ3) is 3.26. The van der Waals surface area contributed by atoms with Crippen LogP contribution in [0.3, 0.4) is 0 Å². The number of methoxy groups -OCH3 is 1. The van der Waals surface area contributed by atoms with Gasteiger partial charge in [0.2, 0.25) is 5.91 Å². The van der Waals surface area contributed by atoms with E-state index < -0.39 is 5.60 Å². The van der Waals surface area contributed by atoms with Gasteiger partial charge in [-0.15, -0.1) is 0 Å². The topological polar surface area (TPSA) is 49.8 Å². The first kappa shape index (κ1) is 18.8. The average Bonchev–Trinajstić information content (AvgIpc) is 2.58. The van der Waals surface area contributed by atoms with E-state index >= 15 is 0 Å². The number of benzene rings is 1. The van der Waals surface area contributed by atoms with Gasteiger partial charge in [0.15, 0.2) is 0 Å². The maximum absolute atomic E-state index is 12.6. The molecule has 0 unspecified atom stereocenters. The third-order valence-electron chi connectivity index (χ3n) is 7.44. The maximum Gasteiger partial charge on any atom is 0.225 e. The van der Waals surface area contributed by atoms with Crippen molar-refractivity contribution in [2.24, 2.45) is 11.3 Å². The van der Waals surface area contributed by atoms with Gasteiger partial charge in [0.25, 0.3) is 0 Å². The molecule has 1 spiro atoms. The van der Waals surface area contributed by atoms with Crippen LogP contribution in [0.5, 0.6) is 5.75 Å². The molecule has 3 fully saturated rings. The summed E-state index contributed by atoms with van der Waals surface area (Å²) in [6.07, 6.45) is 6.08. The van der Waals surface area contributed by atoms with Gasteiger partial charge in [-0.1, -0.05) is 6.07 Å². The zero-order valence-electron chi connectivity index (χ0n) is 17.2. The number of amides is 1. The summed E-state index contributed by atoms with van der Waals surface area (Å²) in [5.41, 5.74) is 3.87. The fourth-order valence-corrected chi connectivity index (χ4v) is 5.88. The van der Waals surface area contributed by atoms with Crippen molar-refractivity contribution in [3.63, 3.8) is 0 Å². The normalized spacial score (nSPS) is 30.0. The number of nitrogens with zero attached hydrogens (tertiary/aromatic N) is 1. The van der Waals surface area contributed by atoms with Crippen molar-refractivity contribution in [2.75, 3.05) is 20.2 Å². The van der Waals surface area contributed by atoms with E-state index in [1.165, 1.54) is 42.4 Å². The van der Waals surface area contributed by atoms with E-state index in [2.05, 4.69) is 26.0 Å². The molecule has 0 bridgehead atoms. The summed E-state index contributed by atoms with van der Waals surface area (Å²) in [5, 5.41) is 9.89. The lowest BCUT2D eigenvalue weighted by Crippen LogP contribution is -2.62. The second-order valence-electron chi connectivity index (χ2n) is 9.69. The van der Waals surface area contributed by atoms with E-state index in [9.17, 15) is 9.90 Å². The van der Waals surface area contributed by atoms with Gasteiger partial charge in [0.1, 0.15) is 5.75 Å². The number of rotatable bonds is 3. The zero-order valence-corrected chi connectivity index (χ0v) is 17.2. The predicted octanol–water partition coefficient (Wildman–Crippen LogP) is 3.96. The zero-order chi connectivity index (χ0) is 19.4. The van der Waals surface area contributed by atoms with Crippen LogP contribution in [0.1, 0.15) is 68.1 Å². The molecule has 27 heavy (non-hydrogen) atoms. The molecule has 1 saturated heterocycles. The Bertz CT molecular complexity index is 730. The lowest BCUT2D eigenvalue weighted by atomic mass is 9.63. The second-order valence-corrected chi connectivity index (χ2v) is 9.69. The summed E-state index contributed by atoms with van der Waals surface area (Å²) in [7, 11) is 1.75. The van der Waals surface area contributed by atoms with Crippen LogP contribution in [0.2, 0.25) is 0 Å². The van der Waals surface area contributed by atoms with Crippen molar-refractivity contribution in [3.05, 3.63) is 28.8 Å². The molecule has 0 atom stereocenters. The van der Waals surface area contributed by atoms with E-state index in [1.807, 2.05) is 11.8 Å². The largest absolute Gasteiger partial charge is 0.496 e. The molecule has 3 aliphatic rings. The molecule has 4 heteroatoms. The highest BCUT2D eigenvalue weighted by molar-refractivity contribution is 5.81. The molecule has 2 aliphatic carbocycles. The quantitative estimate of drug-likeness (QED) is 0.875. The molecule has 4 nitrogen and oxygen atoms in total. The maximum atomic E-state index is 12.6. The average molecular weight is 372 g/mol. The number of aryl methyl sites for hydroxylation is 1. The van der Waals surface area contributed by atoms with Crippen LogP contribution in [0.4, 0.5) is 0 Å². The van der Waals surface area contributed by atoms with E-state index in [0.29, 0.717) is 24.2 Å². The fourth-order valence-electron chi connectivity index (χ4n) is 5.88. The van der Waals surface area contributed by atoms with Crippen LogP contribution in [-0.4, -0.2) is 41.7 Å². The van der Waals surface area contributed by atoms with Crippen LogP contribution in [0.15, 0.2) is 12.1 Å². The Labute approximate surface area is 162 Å². The van der Waals surface area contributed by atoms with Crippen molar-refractivity contribution in [2.45, 2.75) is 70.8 Å². The predicted molar refractivity (Wildman–Crippen MR) is 106 cm³/mol. The van der Waals surface area contributed by atoms with E-state index in [4.69, 9.17) is 4.74 Å². The van der Waals surface area contributed by atoms with Gasteiger partial charge in [-0.3, -0.25) is 4.79 Å². The van der Waals surface area contributed by atoms with Gasteiger partial charge in [0.05, 0.1) is 12.7 Å². The summed E-state index contributed by atoms with van der Waals surface area (Å²) in [6, 6.07) is 4.26. The number of ether oxygens (including phenoxy) is 1. The highest BCUT2D eigenvalue weighted by atomic mass is 16.5. The van der Waals surface area contributed by atoms with Crippen LogP contribution in [-0.2, 0) is 4.79 Å². The van der Waals surface area contributed by atoms with E-state index in [-0.39, 0.29) is 11.8 Å². The van der Waals surface area contributed by atoms with Crippen LogP contribution in [0, 0.1) is 25.2 Å². The monoisotopic (exact) mass is 371 g/mol. The Morgan fingerprint density at radius 2 is 1.81 bits per heavy atom. The Morgan fingerprint density at radius 1 is 1.19 bits per heavy atom. The standard InChI is InChI=1S/C23H33NO3/c1-15-5-6-19(27-4)16(2)20(15)17-7-9-23(10-8-17)13-24(14-23)21(25)18-11-22(3,26)12-18/h5-6,17-18,26H,7-14H2,1-4H3/t18-,22+. The Hall–Kier alpha value is -1.55. The van der Waals surface area contributed by atoms with Crippen molar-refractivity contribution in [1.82, 2.24) is 4.90 Å². The fraction of sp³-hybridized carbons (Fsp3) is 0.696. The molecule has 1 aromatic rings. The lowest BCUT2D eigenvalue weighted by Gasteiger charge is -2.55. The van der Waals surface area contributed by atoms with Crippen molar-refractivity contribution < 1.29 is 14.6 Å². The Morgan fingerprint density at radius 3 is 2.37 bits per heavy atom. The molecule has 1 N–H and O–H groups in total. The molecule has 4 rings (SSSR count). The minimum atomic E-state index is -0.618. The van der Waals surface area contributed by atoms with Crippen LogP contribution < -0.4 is 4.74 Å². The first-order valence-corrected chi connectivity index (χ1v) is 10.4. The molecular weight excluding hydrogens is 338 g/mol. The van der Waals surface area contributed by atoms with Gasteiger partial charge < -0.3 is 14.7 Å². The first-order valence-electron chi connectivity index (χ1n) is 10.4. The molecule has 148 valence electrons. The van der Waals surface area contributed by atoms with Crippen LogP contribution >= 0.6 is 0 Å². The Kier molecular flexibility index (Phi) is 4.53. The lowest BCUT2D eigenvalue weighted by molar-refractivity contribution is -0.163.